The van der Waals surface area contributed by atoms with Gasteiger partial charge in [0.25, 0.3) is 0 Å². The van der Waals surface area contributed by atoms with E-state index in [1.54, 1.807) is 6.08 Å². The van der Waals surface area contributed by atoms with Crippen molar-refractivity contribution in [3.8, 4) is 0 Å². The van der Waals surface area contributed by atoms with Crippen LogP contribution in [-0.2, 0) is 0 Å². The highest BCUT2D eigenvalue weighted by Gasteiger charge is 2.05. The molecule has 0 radical (unpaired) electrons. The van der Waals surface area contributed by atoms with Gasteiger partial charge < -0.3 is 0 Å². The highest BCUT2D eigenvalue weighted by atomic mass is 35.5. The number of rotatable bonds is 3. The Bertz CT molecular complexity index is 215. The third-order valence-corrected chi connectivity index (χ3v) is 2.15. The number of hydrogen-bond acceptors (Lipinski definition) is 0. The summed E-state index contributed by atoms with van der Waals surface area (Å²) in [6.07, 6.45) is 3.82. The van der Waals surface area contributed by atoms with Crippen molar-refractivity contribution in [2.75, 3.05) is 0 Å². The van der Waals surface area contributed by atoms with Crippen LogP contribution < -0.4 is 0 Å². The molecule has 0 rings (SSSR count). The Hall–Kier alpha value is -0.490. The van der Waals surface area contributed by atoms with E-state index < -0.39 is 0 Å². The third-order valence-electron chi connectivity index (χ3n) is 1.87. The van der Waals surface area contributed by atoms with Crippen LogP contribution in [0.2, 0.25) is 0 Å². The summed E-state index contributed by atoms with van der Waals surface area (Å²) >= 11 is 5.91. The van der Waals surface area contributed by atoms with Crippen LogP contribution in [0.4, 0.5) is 0 Å². The minimum atomic E-state index is 0.497. The Morgan fingerprint density at radius 2 is 1.83 bits per heavy atom. The van der Waals surface area contributed by atoms with Crippen LogP contribution in [0, 0.1) is 5.92 Å². The molecule has 0 heterocycles. The third kappa shape index (κ3) is 3.27. The first-order valence-corrected chi connectivity index (χ1v) is 4.54. The van der Waals surface area contributed by atoms with Gasteiger partial charge >= 0.3 is 0 Å². The fourth-order valence-corrected chi connectivity index (χ4v) is 1.19. The van der Waals surface area contributed by atoms with Crippen LogP contribution in [0.5, 0.6) is 0 Å². The van der Waals surface area contributed by atoms with E-state index in [-0.39, 0.29) is 0 Å². The molecule has 0 aliphatic heterocycles. The molecule has 0 aliphatic carbocycles. The lowest BCUT2D eigenvalue weighted by molar-refractivity contribution is 0.776. The minimum absolute atomic E-state index is 0.497. The topological polar surface area (TPSA) is 0 Å². The Morgan fingerprint density at radius 1 is 1.33 bits per heavy atom. The summed E-state index contributed by atoms with van der Waals surface area (Å²) in [5, 5.41) is 0.858. The molecule has 0 aromatic heterocycles. The van der Waals surface area contributed by atoms with E-state index in [1.807, 2.05) is 19.9 Å². The molecule has 0 unspecified atom stereocenters. The maximum Gasteiger partial charge on any atom is 0.0182 e. The smallest absolute Gasteiger partial charge is 0.0182 e. The SMILES string of the molecule is C=C/C=C(\C(C)=C(/C)Cl)C(C)C. The molecule has 0 aromatic rings. The van der Waals surface area contributed by atoms with Crippen LogP contribution in [0.1, 0.15) is 27.7 Å². The molecule has 0 saturated heterocycles. The Kier molecular flexibility index (Phi) is 5.00. The predicted octanol–water partition coefficient (Wildman–Crippen LogP) is 4.29. The summed E-state index contributed by atoms with van der Waals surface area (Å²) in [5.74, 6) is 0.497. The number of hydrogen-bond donors (Lipinski definition) is 0. The largest absolute Gasteiger partial charge is 0.0991 e. The number of halogens is 1. The lowest BCUT2D eigenvalue weighted by Crippen LogP contribution is -1.96. The van der Waals surface area contributed by atoms with Gasteiger partial charge in [-0.1, -0.05) is 44.2 Å². The molecule has 0 aromatic carbocycles. The fourth-order valence-electron chi connectivity index (χ4n) is 1.08. The van der Waals surface area contributed by atoms with Crippen LogP contribution in [-0.4, -0.2) is 0 Å². The van der Waals surface area contributed by atoms with Crippen LogP contribution in [0.15, 0.2) is 34.9 Å². The van der Waals surface area contributed by atoms with E-state index in [9.17, 15) is 0 Å². The molecule has 0 saturated carbocycles. The first-order valence-electron chi connectivity index (χ1n) is 4.16. The Balaban J connectivity index is 4.90. The Labute approximate surface area is 80.6 Å². The molecule has 12 heavy (non-hydrogen) atoms. The lowest BCUT2D eigenvalue weighted by atomic mass is 9.96. The second kappa shape index (κ2) is 5.21. The molecule has 68 valence electrons. The van der Waals surface area contributed by atoms with E-state index in [4.69, 9.17) is 11.6 Å². The van der Waals surface area contributed by atoms with Crippen molar-refractivity contribution < 1.29 is 0 Å². The van der Waals surface area contributed by atoms with Gasteiger partial charge in [-0.3, -0.25) is 0 Å². The monoisotopic (exact) mass is 184 g/mol. The van der Waals surface area contributed by atoms with Gasteiger partial charge in [0.1, 0.15) is 0 Å². The highest BCUT2D eigenvalue weighted by molar-refractivity contribution is 6.29. The summed E-state index contributed by atoms with van der Waals surface area (Å²) in [6, 6.07) is 0. The normalized spacial score (nSPS) is 14.7. The lowest BCUT2D eigenvalue weighted by Gasteiger charge is -2.12. The molecule has 0 nitrogen and oxygen atoms in total. The second-order valence-corrected chi connectivity index (χ2v) is 3.74. The van der Waals surface area contributed by atoms with Crippen molar-refractivity contribution in [3.05, 3.63) is 34.9 Å². The average molecular weight is 185 g/mol. The molecule has 0 bridgehead atoms. The van der Waals surface area contributed by atoms with Crippen molar-refractivity contribution in [2.45, 2.75) is 27.7 Å². The van der Waals surface area contributed by atoms with E-state index >= 15 is 0 Å². The fraction of sp³-hybridized carbons (Fsp3) is 0.455. The van der Waals surface area contributed by atoms with Crippen molar-refractivity contribution in [1.29, 1.82) is 0 Å². The average Bonchev–Trinajstić information content (AvgIpc) is 1.98. The molecular weight excluding hydrogens is 168 g/mol. The van der Waals surface area contributed by atoms with Gasteiger partial charge in [-0.15, -0.1) is 0 Å². The summed E-state index contributed by atoms with van der Waals surface area (Å²) in [6.45, 7) is 11.9. The van der Waals surface area contributed by atoms with Crippen molar-refractivity contribution in [1.82, 2.24) is 0 Å². The van der Waals surface area contributed by atoms with Gasteiger partial charge in [0, 0.05) is 5.03 Å². The van der Waals surface area contributed by atoms with Crippen molar-refractivity contribution in [3.63, 3.8) is 0 Å². The highest BCUT2D eigenvalue weighted by Crippen LogP contribution is 2.23. The predicted molar refractivity (Wildman–Crippen MR) is 57.3 cm³/mol. The maximum absolute atomic E-state index is 5.91. The van der Waals surface area contributed by atoms with Gasteiger partial charge in [-0.2, -0.15) is 0 Å². The van der Waals surface area contributed by atoms with Crippen LogP contribution >= 0.6 is 11.6 Å². The zero-order valence-electron chi connectivity index (χ0n) is 8.32. The molecule has 1 heteroatoms. The summed E-state index contributed by atoms with van der Waals surface area (Å²) < 4.78 is 0. The van der Waals surface area contributed by atoms with Gasteiger partial charge in [-0.05, 0) is 30.9 Å². The molecule has 0 aliphatic rings. The first kappa shape index (κ1) is 11.5. The molecular formula is C11H17Cl. The minimum Gasteiger partial charge on any atom is -0.0991 e. The zero-order valence-corrected chi connectivity index (χ0v) is 9.07. The molecule has 0 spiro atoms. The van der Waals surface area contributed by atoms with E-state index in [0.717, 1.165) is 10.6 Å². The molecule has 0 atom stereocenters. The van der Waals surface area contributed by atoms with Crippen LogP contribution in [0.3, 0.4) is 0 Å². The zero-order chi connectivity index (χ0) is 9.72. The van der Waals surface area contributed by atoms with Gasteiger partial charge in [0.2, 0.25) is 0 Å². The molecule has 0 N–H and O–H groups in total. The standard InChI is InChI=1S/C11H17Cl/c1-6-7-11(8(2)3)9(4)10(5)12/h6-8H,1H2,2-5H3/b10-9+,11-7-. The summed E-state index contributed by atoms with van der Waals surface area (Å²) in [4.78, 5) is 0. The van der Waals surface area contributed by atoms with Crippen LogP contribution in [0.25, 0.3) is 0 Å². The number of allylic oxidation sites excluding steroid dienone is 5. The summed E-state index contributed by atoms with van der Waals surface area (Å²) in [5.41, 5.74) is 2.42. The second-order valence-electron chi connectivity index (χ2n) is 3.17. The maximum atomic E-state index is 5.91. The van der Waals surface area contributed by atoms with E-state index in [2.05, 4.69) is 20.4 Å². The molecule has 0 amide bonds. The first-order chi connectivity index (χ1) is 5.50. The summed E-state index contributed by atoms with van der Waals surface area (Å²) in [7, 11) is 0. The van der Waals surface area contributed by atoms with Gasteiger partial charge in [-0.25, -0.2) is 0 Å². The van der Waals surface area contributed by atoms with E-state index in [1.165, 1.54) is 5.57 Å². The van der Waals surface area contributed by atoms with Crippen molar-refractivity contribution >= 4 is 11.6 Å². The van der Waals surface area contributed by atoms with Gasteiger partial charge in [0.15, 0.2) is 0 Å². The molecule has 0 fully saturated rings. The van der Waals surface area contributed by atoms with Crippen molar-refractivity contribution in [2.24, 2.45) is 5.92 Å². The van der Waals surface area contributed by atoms with Gasteiger partial charge in [0.05, 0.1) is 0 Å². The van der Waals surface area contributed by atoms with E-state index in [0.29, 0.717) is 5.92 Å². The quantitative estimate of drug-likeness (QED) is 0.575. The Morgan fingerprint density at radius 3 is 2.08 bits per heavy atom.